The Morgan fingerprint density at radius 1 is 0.346 bits per heavy atom. The van der Waals surface area contributed by atoms with Gasteiger partial charge in [0.2, 0.25) is 0 Å². The summed E-state index contributed by atoms with van der Waals surface area (Å²) in [7, 11) is 0. The van der Waals surface area contributed by atoms with Crippen LogP contribution in [0.3, 0.4) is 0 Å². The van der Waals surface area contributed by atoms with Crippen LogP contribution in [0, 0.1) is 0 Å². The first-order valence-corrected chi connectivity index (χ1v) is 10.1. The minimum Gasteiger partial charge on any atom is -0.396 e. The smallest absolute Gasteiger partial charge is 0.0430 e. The first-order chi connectivity index (χ1) is 12.1. The van der Waals surface area contributed by atoms with Crippen molar-refractivity contribution in [3.8, 4) is 0 Å². The van der Waals surface area contributed by atoms with Crippen LogP contribution in [0.15, 0.2) is 0 Å². The third kappa shape index (κ3) is 121. The van der Waals surface area contributed by atoms with Gasteiger partial charge in [0, 0.05) is 59.2 Å². The van der Waals surface area contributed by atoms with Gasteiger partial charge in [-0.05, 0) is 32.1 Å². The molecule has 0 atom stereocenters. The standard InChI is InChI=1S/5C4H10O.Zr/c5*1-2-3-4-5;/h5*5H,2-4H2,1H3;. The normalized spacial score (nSPS) is 8.08. The fourth-order valence-electron chi connectivity index (χ4n) is 0.791. The maximum Gasteiger partial charge on any atom is 0.0430 e. The van der Waals surface area contributed by atoms with Gasteiger partial charge in [-0.25, -0.2) is 0 Å². The van der Waals surface area contributed by atoms with Crippen molar-refractivity contribution in [3.05, 3.63) is 0 Å². The largest absolute Gasteiger partial charge is 0.396 e. The van der Waals surface area contributed by atoms with E-state index in [2.05, 4.69) is 34.6 Å². The molecule has 0 aliphatic carbocycles. The van der Waals surface area contributed by atoms with E-state index in [0.717, 1.165) is 64.2 Å². The average molecular weight is 462 g/mol. The van der Waals surface area contributed by atoms with Gasteiger partial charge in [0.1, 0.15) is 0 Å². The van der Waals surface area contributed by atoms with E-state index in [1.807, 2.05) is 0 Å². The van der Waals surface area contributed by atoms with Gasteiger partial charge in [0.15, 0.2) is 0 Å². The van der Waals surface area contributed by atoms with Crippen LogP contribution in [0.25, 0.3) is 0 Å². The maximum absolute atomic E-state index is 8.07. The van der Waals surface area contributed by atoms with Crippen LogP contribution in [0.5, 0.6) is 0 Å². The van der Waals surface area contributed by atoms with Crippen molar-refractivity contribution in [2.24, 2.45) is 0 Å². The Balaban J connectivity index is -0.0000000476. The number of aliphatic hydroxyl groups is 5. The minimum atomic E-state index is 0. The summed E-state index contributed by atoms with van der Waals surface area (Å²) in [5.41, 5.74) is 0. The summed E-state index contributed by atoms with van der Waals surface area (Å²) in [6, 6.07) is 0. The van der Waals surface area contributed by atoms with Crippen molar-refractivity contribution in [3.63, 3.8) is 0 Å². The molecule has 0 rings (SSSR count). The van der Waals surface area contributed by atoms with Crippen molar-refractivity contribution in [1.82, 2.24) is 0 Å². The molecule has 6 heteroatoms. The zero-order chi connectivity index (χ0) is 20.6. The molecule has 5 N–H and O–H groups in total. The molecule has 0 aromatic rings. The number of aliphatic hydroxyl groups excluding tert-OH is 5. The van der Waals surface area contributed by atoms with E-state index in [1.165, 1.54) is 0 Å². The second-order valence-corrected chi connectivity index (χ2v) is 5.39. The summed E-state index contributed by atoms with van der Waals surface area (Å²) < 4.78 is 0. The van der Waals surface area contributed by atoms with Gasteiger partial charge in [0.25, 0.3) is 0 Å². The number of rotatable bonds is 10. The summed E-state index contributed by atoms with van der Waals surface area (Å²) in [5, 5.41) is 40.3. The number of unbranched alkanes of at least 4 members (excludes halogenated alkanes) is 5. The minimum absolute atomic E-state index is 0. The van der Waals surface area contributed by atoms with Crippen molar-refractivity contribution in [2.75, 3.05) is 33.0 Å². The molecule has 0 radical (unpaired) electrons. The molecule has 0 spiro atoms. The Bertz CT molecular complexity index is 96.5. The van der Waals surface area contributed by atoms with Crippen LogP contribution in [-0.2, 0) is 26.2 Å². The van der Waals surface area contributed by atoms with Crippen molar-refractivity contribution >= 4 is 0 Å². The SMILES string of the molecule is CCCCO.CCCCO.CCCCO.CCCCO.CCCCO.[Zr]. The zero-order valence-electron chi connectivity index (χ0n) is 18.3. The second kappa shape index (κ2) is 63.6. The Hall–Kier alpha value is 0.683. The first-order valence-electron chi connectivity index (χ1n) is 10.1. The molecular weight excluding hydrogens is 411 g/mol. The molecule has 0 aromatic heterocycles. The van der Waals surface area contributed by atoms with Crippen LogP contribution in [0.4, 0.5) is 0 Å². The third-order valence-electron chi connectivity index (χ3n) is 2.56. The van der Waals surface area contributed by atoms with Crippen LogP contribution in [0.1, 0.15) is 98.8 Å². The van der Waals surface area contributed by atoms with Crippen molar-refractivity contribution in [2.45, 2.75) is 98.8 Å². The van der Waals surface area contributed by atoms with Crippen molar-refractivity contribution in [1.29, 1.82) is 0 Å². The molecule has 0 heterocycles. The van der Waals surface area contributed by atoms with Gasteiger partial charge in [-0.1, -0.05) is 66.7 Å². The van der Waals surface area contributed by atoms with E-state index in [-0.39, 0.29) is 26.2 Å². The second-order valence-electron chi connectivity index (χ2n) is 5.39. The maximum atomic E-state index is 8.07. The topological polar surface area (TPSA) is 101 Å². The average Bonchev–Trinajstić information content (AvgIpc) is 2.61. The molecule has 0 bridgehead atoms. The Labute approximate surface area is 183 Å². The molecular formula is C20H50O5Zr. The quantitative estimate of drug-likeness (QED) is 0.340. The Kier molecular flexibility index (Phi) is 101. The van der Waals surface area contributed by atoms with Crippen molar-refractivity contribution < 1.29 is 51.7 Å². The zero-order valence-corrected chi connectivity index (χ0v) is 20.8. The van der Waals surface area contributed by atoms with Gasteiger partial charge in [0.05, 0.1) is 0 Å². The van der Waals surface area contributed by atoms with Crippen LogP contribution >= 0.6 is 0 Å². The van der Waals surface area contributed by atoms with Crippen LogP contribution in [0.2, 0.25) is 0 Å². The molecule has 164 valence electrons. The predicted octanol–water partition coefficient (Wildman–Crippen LogP) is 3.89. The fourth-order valence-corrected chi connectivity index (χ4v) is 0.791. The van der Waals surface area contributed by atoms with E-state index in [1.54, 1.807) is 0 Å². The molecule has 0 unspecified atom stereocenters. The summed E-state index contributed by atoms with van der Waals surface area (Å²) in [6.45, 7) is 12.0. The first kappa shape index (κ1) is 41.1. The molecule has 0 aliphatic rings. The molecule has 0 saturated carbocycles. The Morgan fingerprint density at radius 3 is 0.462 bits per heavy atom. The number of hydrogen-bond acceptors (Lipinski definition) is 5. The molecule has 26 heavy (non-hydrogen) atoms. The van der Waals surface area contributed by atoms with Crippen LogP contribution in [-0.4, -0.2) is 58.6 Å². The van der Waals surface area contributed by atoms with Crippen LogP contribution < -0.4 is 0 Å². The fraction of sp³-hybridized carbons (Fsp3) is 1.00. The Morgan fingerprint density at radius 2 is 0.462 bits per heavy atom. The summed E-state index contributed by atoms with van der Waals surface area (Å²) >= 11 is 0. The molecule has 0 aliphatic heterocycles. The summed E-state index contributed by atoms with van der Waals surface area (Å²) in [6.07, 6.45) is 10.2. The van der Waals surface area contributed by atoms with Gasteiger partial charge in [-0.15, -0.1) is 0 Å². The van der Waals surface area contributed by atoms with Gasteiger partial charge < -0.3 is 25.5 Å². The van der Waals surface area contributed by atoms with Gasteiger partial charge >= 0.3 is 0 Å². The molecule has 0 fully saturated rings. The van der Waals surface area contributed by atoms with Gasteiger partial charge in [-0.2, -0.15) is 0 Å². The predicted molar refractivity (Wildman–Crippen MR) is 110 cm³/mol. The van der Waals surface area contributed by atoms with E-state index in [4.69, 9.17) is 25.5 Å². The monoisotopic (exact) mass is 460 g/mol. The van der Waals surface area contributed by atoms with E-state index in [9.17, 15) is 0 Å². The number of hydrogen-bond donors (Lipinski definition) is 5. The molecule has 0 amide bonds. The molecule has 0 aromatic carbocycles. The summed E-state index contributed by atoms with van der Waals surface area (Å²) in [5.74, 6) is 0. The third-order valence-corrected chi connectivity index (χ3v) is 2.56. The van der Waals surface area contributed by atoms with E-state index < -0.39 is 0 Å². The van der Waals surface area contributed by atoms with E-state index >= 15 is 0 Å². The van der Waals surface area contributed by atoms with E-state index in [0.29, 0.717) is 33.0 Å². The summed E-state index contributed by atoms with van der Waals surface area (Å²) in [4.78, 5) is 0. The molecule has 0 saturated heterocycles. The molecule has 5 nitrogen and oxygen atoms in total. The van der Waals surface area contributed by atoms with Gasteiger partial charge in [-0.3, -0.25) is 0 Å².